The van der Waals surface area contributed by atoms with Crippen LogP contribution in [0.2, 0.25) is 0 Å². The molecule has 3 nitrogen and oxygen atoms in total. The number of aromatic nitrogens is 2. The van der Waals surface area contributed by atoms with Gasteiger partial charge in [0.15, 0.2) is 0 Å². The number of aryl methyl sites for hydroxylation is 2. The van der Waals surface area contributed by atoms with E-state index < -0.39 is 0 Å². The van der Waals surface area contributed by atoms with Gasteiger partial charge < -0.3 is 5.73 Å². The minimum atomic E-state index is 0.692. The van der Waals surface area contributed by atoms with E-state index in [2.05, 4.69) is 24.2 Å². The van der Waals surface area contributed by atoms with Gasteiger partial charge in [-0.3, -0.25) is 4.68 Å². The van der Waals surface area contributed by atoms with Crippen molar-refractivity contribution in [2.75, 3.05) is 6.54 Å². The van der Waals surface area contributed by atoms with Gasteiger partial charge in [0.2, 0.25) is 0 Å². The molecule has 3 heteroatoms. The van der Waals surface area contributed by atoms with Crippen LogP contribution in [0.25, 0.3) is 10.9 Å². The maximum atomic E-state index is 5.62. The monoisotopic (exact) mass is 203 g/mol. The number of nitrogens with two attached hydrogens (primary N) is 1. The van der Waals surface area contributed by atoms with Crippen molar-refractivity contribution in [1.82, 2.24) is 9.78 Å². The topological polar surface area (TPSA) is 43.8 Å². The van der Waals surface area contributed by atoms with Gasteiger partial charge >= 0.3 is 0 Å². The Morgan fingerprint density at radius 1 is 1.40 bits per heavy atom. The van der Waals surface area contributed by atoms with E-state index in [4.69, 9.17) is 5.73 Å². The molecule has 0 unspecified atom stereocenters. The fraction of sp³-hybridized carbons (Fsp3) is 0.417. The summed E-state index contributed by atoms with van der Waals surface area (Å²) in [6.45, 7) is 2.86. The lowest BCUT2D eigenvalue weighted by molar-refractivity contribution is 0.796. The molecule has 0 fully saturated rings. The number of benzene rings is 1. The lowest BCUT2D eigenvalue weighted by atomic mass is 10.0. The fourth-order valence-electron chi connectivity index (χ4n) is 1.95. The molecule has 0 aliphatic carbocycles. The molecular formula is C12H17N3. The molecule has 0 bridgehead atoms. The zero-order valence-corrected chi connectivity index (χ0v) is 9.33. The van der Waals surface area contributed by atoms with Crippen LogP contribution in [-0.2, 0) is 19.9 Å². The van der Waals surface area contributed by atoms with Crippen LogP contribution < -0.4 is 5.73 Å². The van der Waals surface area contributed by atoms with Crippen molar-refractivity contribution in [3.05, 3.63) is 29.5 Å². The first kappa shape index (κ1) is 10.2. The predicted molar refractivity (Wildman–Crippen MR) is 62.9 cm³/mol. The average Bonchev–Trinajstić information content (AvgIpc) is 2.61. The molecule has 0 atom stereocenters. The maximum absolute atomic E-state index is 5.62. The van der Waals surface area contributed by atoms with Crippen molar-refractivity contribution in [2.24, 2.45) is 12.8 Å². The molecule has 1 aromatic heterocycles. The number of rotatable bonds is 3. The molecule has 1 aromatic carbocycles. The second kappa shape index (κ2) is 4.03. The first-order valence-electron chi connectivity index (χ1n) is 5.39. The van der Waals surface area contributed by atoms with E-state index in [1.165, 1.54) is 22.0 Å². The van der Waals surface area contributed by atoms with E-state index in [-0.39, 0.29) is 0 Å². The summed E-state index contributed by atoms with van der Waals surface area (Å²) in [5, 5.41) is 5.53. The number of hydrogen-bond acceptors (Lipinski definition) is 2. The van der Waals surface area contributed by atoms with E-state index in [0.29, 0.717) is 6.54 Å². The van der Waals surface area contributed by atoms with Gasteiger partial charge in [-0.05, 0) is 36.6 Å². The van der Waals surface area contributed by atoms with E-state index in [1.807, 2.05) is 17.9 Å². The van der Waals surface area contributed by atoms with Gasteiger partial charge in [0.1, 0.15) is 0 Å². The normalized spacial score (nSPS) is 11.1. The summed E-state index contributed by atoms with van der Waals surface area (Å²) < 4.78 is 1.93. The second-order valence-electron chi connectivity index (χ2n) is 3.85. The van der Waals surface area contributed by atoms with Gasteiger partial charge in [-0.2, -0.15) is 5.10 Å². The molecule has 15 heavy (non-hydrogen) atoms. The Morgan fingerprint density at radius 3 is 2.87 bits per heavy atom. The van der Waals surface area contributed by atoms with Crippen molar-refractivity contribution >= 4 is 10.9 Å². The van der Waals surface area contributed by atoms with Crippen LogP contribution in [-0.4, -0.2) is 16.3 Å². The van der Waals surface area contributed by atoms with E-state index in [0.717, 1.165) is 12.8 Å². The van der Waals surface area contributed by atoms with Crippen LogP contribution in [0.4, 0.5) is 0 Å². The van der Waals surface area contributed by atoms with Crippen molar-refractivity contribution in [1.29, 1.82) is 0 Å². The highest BCUT2D eigenvalue weighted by Gasteiger charge is 2.06. The highest BCUT2D eigenvalue weighted by molar-refractivity contribution is 5.83. The number of fused-ring (bicyclic) bond motifs is 1. The average molecular weight is 203 g/mol. The quantitative estimate of drug-likeness (QED) is 0.824. The Morgan fingerprint density at radius 2 is 2.20 bits per heavy atom. The number of nitrogens with zero attached hydrogens (tertiary/aromatic N) is 2. The predicted octanol–water partition coefficient (Wildman–Crippen LogP) is 1.64. The minimum absolute atomic E-state index is 0.692. The Kier molecular flexibility index (Phi) is 2.73. The van der Waals surface area contributed by atoms with Gasteiger partial charge in [-0.25, -0.2) is 0 Å². The van der Waals surface area contributed by atoms with E-state index in [1.54, 1.807) is 0 Å². The van der Waals surface area contributed by atoms with Gasteiger partial charge in [0.25, 0.3) is 0 Å². The summed E-state index contributed by atoms with van der Waals surface area (Å²) in [5.74, 6) is 0. The Labute approximate surface area is 89.9 Å². The lowest BCUT2D eigenvalue weighted by Gasteiger charge is -2.05. The first-order valence-corrected chi connectivity index (χ1v) is 5.39. The summed E-state index contributed by atoms with van der Waals surface area (Å²) in [6.07, 6.45) is 3.91. The Balaban J connectivity index is 2.65. The molecule has 0 saturated heterocycles. The SMILES string of the molecule is CCc1cc(CCN)c2cnn(C)c2c1. The standard InChI is InChI=1S/C12H17N3/c1-3-9-6-10(4-5-13)11-8-14-15(2)12(11)7-9/h6-8H,3-5,13H2,1-2H3. The highest BCUT2D eigenvalue weighted by Crippen LogP contribution is 2.21. The summed E-state index contributed by atoms with van der Waals surface area (Å²) in [7, 11) is 1.98. The molecular weight excluding hydrogens is 186 g/mol. The zero-order valence-electron chi connectivity index (χ0n) is 9.33. The van der Waals surface area contributed by atoms with Gasteiger partial charge in [-0.1, -0.05) is 13.0 Å². The third-order valence-electron chi connectivity index (χ3n) is 2.83. The molecule has 2 N–H and O–H groups in total. The summed E-state index contributed by atoms with van der Waals surface area (Å²) in [4.78, 5) is 0. The van der Waals surface area contributed by atoms with Crippen LogP contribution >= 0.6 is 0 Å². The molecule has 2 rings (SSSR count). The zero-order chi connectivity index (χ0) is 10.8. The van der Waals surface area contributed by atoms with Crippen LogP contribution in [0, 0.1) is 0 Å². The molecule has 0 aliphatic rings. The lowest BCUT2D eigenvalue weighted by Crippen LogP contribution is -2.03. The summed E-state index contributed by atoms with van der Waals surface area (Å²) in [5.41, 5.74) is 9.50. The van der Waals surface area contributed by atoms with Crippen LogP contribution in [0.3, 0.4) is 0 Å². The summed E-state index contributed by atoms with van der Waals surface area (Å²) >= 11 is 0. The molecule has 1 heterocycles. The third kappa shape index (κ3) is 1.75. The van der Waals surface area contributed by atoms with E-state index >= 15 is 0 Å². The minimum Gasteiger partial charge on any atom is -0.330 e. The molecule has 0 aliphatic heterocycles. The summed E-state index contributed by atoms with van der Waals surface area (Å²) in [6, 6.07) is 4.46. The Hall–Kier alpha value is -1.35. The second-order valence-corrected chi connectivity index (χ2v) is 3.85. The Bertz CT molecular complexity index is 471. The van der Waals surface area contributed by atoms with E-state index in [9.17, 15) is 0 Å². The largest absolute Gasteiger partial charge is 0.330 e. The molecule has 80 valence electrons. The third-order valence-corrected chi connectivity index (χ3v) is 2.83. The highest BCUT2D eigenvalue weighted by atomic mass is 15.2. The van der Waals surface area contributed by atoms with Crippen LogP contribution in [0.5, 0.6) is 0 Å². The fourth-order valence-corrected chi connectivity index (χ4v) is 1.95. The molecule has 0 radical (unpaired) electrons. The van der Waals surface area contributed by atoms with Crippen LogP contribution in [0.15, 0.2) is 18.3 Å². The van der Waals surface area contributed by atoms with Crippen molar-refractivity contribution in [3.63, 3.8) is 0 Å². The van der Waals surface area contributed by atoms with Crippen LogP contribution in [0.1, 0.15) is 18.1 Å². The molecule has 0 amide bonds. The molecule has 2 aromatic rings. The number of hydrogen-bond donors (Lipinski definition) is 1. The maximum Gasteiger partial charge on any atom is 0.0684 e. The first-order chi connectivity index (χ1) is 7.26. The smallest absolute Gasteiger partial charge is 0.0684 e. The van der Waals surface area contributed by atoms with Gasteiger partial charge in [0.05, 0.1) is 11.7 Å². The molecule has 0 spiro atoms. The van der Waals surface area contributed by atoms with Crippen molar-refractivity contribution in [2.45, 2.75) is 19.8 Å². The van der Waals surface area contributed by atoms with Crippen molar-refractivity contribution < 1.29 is 0 Å². The van der Waals surface area contributed by atoms with Gasteiger partial charge in [0, 0.05) is 12.4 Å². The van der Waals surface area contributed by atoms with Crippen molar-refractivity contribution in [3.8, 4) is 0 Å². The van der Waals surface area contributed by atoms with Gasteiger partial charge in [-0.15, -0.1) is 0 Å². The molecule has 0 saturated carbocycles.